The van der Waals surface area contributed by atoms with E-state index in [0.29, 0.717) is 50.1 Å². The normalized spacial score (nSPS) is 17.5. The number of aromatic amines is 1. The lowest BCUT2D eigenvalue weighted by Gasteiger charge is -2.36. The number of rotatable bonds is 8. The van der Waals surface area contributed by atoms with E-state index >= 15 is 0 Å². The summed E-state index contributed by atoms with van der Waals surface area (Å²) in [5, 5.41) is 8.90. The topological polar surface area (TPSA) is 97.5 Å². The zero-order chi connectivity index (χ0) is 23.5. The lowest BCUT2D eigenvalue weighted by molar-refractivity contribution is -0.135. The number of nitrogens with zero attached hydrogens (tertiary/aromatic N) is 2. The van der Waals surface area contributed by atoms with Gasteiger partial charge in [0.1, 0.15) is 6.04 Å². The van der Waals surface area contributed by atoms with Gasteiger partial charge in [-0.25, -0.2) is 0 Å². The quantitative estimate of drug-likeness (QED) is 0.460. The van der Waals surface area contributed by atoms with Crippen molar-refractivity contribution in [2.75, 3.05) is 32.7 Å². The molecule has 1 saturated carbocycles. The first-order valence-corrected chi connectivity index (χ1v) is 12.6. The Labute approximate surface area is 202 Å². The molecule has 3 amide bonds. The van der Waals surface area contributed by atoms with E-state index in [1.54, 1.807) is 6.07 Å². The van der Waals surface area contributed by atoms with Gasteiger partial charge in [0, 0.05) is 55.7 Å². The standard InChI is InChI=1S/C25H29N5O3S/c31-23(27-18-7-8-18)16-29-9-11-30(12-10-29)25(33)21(28-24(32)22-6-3-13-34-22)14-17-15-26-20-5-2-1-4-19(17)20/h1-6,13,15,18,21,26H,7-12,14,16H2,(H,27,31)(H,28,32). The number of amides is 3. The molecule has 2 fully saturated rings. The highest BCUT2D eigenvalue weighted by Crippen LogP contribution is 2.21. The summed E-state index contributed by atoms with van der Waals surface area (Å²) < 4.78 is 0. The molecule has 5 rings (SSSR count). The number of benzene rings is 1. The van der Waals surface area contributed by atoms with E-state index in [0.717, 1.165) is 29.3 Å². The molecule has 1 aliphatic heterocycles. The van der Waals surface area contributed by atoms with Crippen molar-refractivity contribution in [3.05, 3.63) is 58.4 Å². The fourth-order valence-corrected chi connectivity index (χ4v) is 5.04. The number of carbonyl (C=O) groups excluding carboxylic acids is 3. The Hall–Kier alpha value is -3.17. The van der Waals surface area contributed by atoms with Gasteiger partial charge >= 0.3 is 0 Å². The Morgan fingerprint density at radius 1 is 1.06 bits per heavy atom. The predicted molar refractivity (Wildman–Crippen MR) is 132 cm³/mol. The summed E-state index contributed by atoms with van der Waals surface area (Å²) >= 11 is 1.36. The fourth-order valence-electron chi connectivity index (χ4n) is 4.41. The largest absolute Gasteiger partial charge is 0.361 e. The Morgan fingerprint density at radius 3 is 2.59 bits per heavy atom. The first kappa shape index (κ1) is 22.6. The lowest BCUT2D eigenvalue weighted by Crippen LogP contribution is -2.56. The third kappa shape index (κ3) is 5.31. The van der Waals surface area contributed by atoms with E-state index in [4.69, 9.17) is 0 Å². The van der Waals surface area contributed by atoms with Crippen LogP contribution in [0.4, 0.5) is 0 Å². The van der Waals surface area contributed by atoms with Crippen LogP contribution < -0.4 is 10.6 Å². The Balaban J connectivity index is 1.26. The maximum absolute atomic E-state index is 13.6. The minimum atomic E-state index is -0.668. The minimum absolute atomic E-state index is 0.0581. The molecular weight excluding hydrogens is 450 g/mol. The number of hydrogen-bond donors (Lipinski definition) is 3. The summed E-state index contributed by atoms with van der Waals surface area (Å²) in [6.45, 7) is 2.72. The molecular formula is C25H29N5O3S. The van der Waals surface area contributed by atoms with Gasteiger partial charge < -0.3 is 20.5 Å². The number of H-pyrrole nitrogens is 1. The number of piperazine rings is 1. The molecule has 178 valence electrons. The highest BCUT2D eigenvalue weighted by atomic mass is 32.1. The maximum atomic E-state index is 13.6. The van der Waals surface area contributed by atoms with Gasteiger partial charge in [-0.2, -0.15) is 0 Å². The summed E-state index contributed by atoms with van der Waals surface area (Å²) in [6.07, 6.45) is 4.47. The van der Waals surface area contributed by atoms with Crippen LogP contribution in [-0.2, 0) is 16.0 Å². The molecule has 34 heavy (non-hydrogen) atoms. The molecule has 1 unspecified atom stereocenters. The third-order valence-electron chi connectivity index (χ3n) is 6.44. The zero-order valence-electron chi connectivity index (χ0n) is 19.0. The SMILES string of the molecule is O=C(CN1CCN(C(=O)C(Cc2c[nH]c3ccccc23)NC(=O)c2cccs2)CC1)NC1CC1. The molecule has 1 atom stereocenters. The molecule has 1 aromatic carbocycles. The van der Waals surface area contributed by atoms with Gasteiger partial charge in [-0.1, -0.05) is 24.3 Å². The van der Waals surface area contributed by atoms with Crippen molar-refractivity contribution in [1.82, 2.24) is 25.4 Å². The van der Waals surface area contributed by atoms with Crippen LogP contribution in [0.2, 0.25) is 0 Å². The molecule has 0 radical (unpaired) electrons. The summed E-state index contributed by atoms with van der Waals surface area (Å²) in [6, 6.07) is 11.2. The molecule has 2 aliphatic rings. The van der Waals surface area contributed by atoms with E-state index < -0.39 is 6.04 Å². The van der Waals surface area contributed by atoms with Gasteiger partial charge in [-0.3, -0.25) is 19.3 Å². The molecule has 0 bridgehead atoms. The number of thiophene rings is 1. The summed E-state index contributed by atoms with van der Waals surface area (Å²) in [5.74, 6) is -0.261. The number of nitrogens with one attached hydrogen (secondary N) is 3. The van der Waals surface area contributed by atoms with Gasteiger partial charge in [0.05, 0.1) is 11.4 Å². The smallest absolute Gasteiger partial charge is 0.262 e. The molecule has 3 N–H and O–H groups in total. The summed E-state index contributed by atoms with van der Waals surface area (Å²) in [5.41, 5.74) is 2.00. The molecule has 1 aliphatic carbocycles. The van der Waals surface area contributed by atoms with E-state index in [1.807, 2.05) is 46.8 Å². The first-order valence-electron chi connectivity index (χ1n) is 11.8. The van der Waals surface area contributed by atoms with Crippen LogP contribution in [0.5, 0.6) is 0 Å². The van der Waals surface area contributed by atoms with Crippen LogP contribution in [0.15, 0.2) is 48.0 Å². The van der Waals surface area contributed by atoms with Gasteiger partial charge in [-0.05, 0) is 35.9 Å². The summed E-state index contributed by atoms with van der Waals surface area (Å²) in [4.78, 5) is 46.2. The van der Waals surface area contributed by atoms with Crippen molar-refractivity contribution in [3.63, 3.8) is 0 Å². The number of aromatic nitrogens is 1. The molecule has 0 spiro atoms. The van der Waals surface area contributed by atoms with E-state index in [2.05, 4.69) is 20.5 Å². The number of hydrogen-bond acceptors (Lipinski definition) is 5. The van der Waals surface area contributed by atoms with Crippen LogP contribution in [-0.4, -0.2) is 77.3 Å². The number of fused-ring (bicyclic) bond motifs is 1. The Bertz CT molecular complexity index is 1160. The van der Waals surface area contributed by atoms with Crippen molar-refractivity contribution in [1.29, 1.82) is 0 Å². The molecule has 3 heterocycles. The monoisotopic (exact) mass is 479 g/mol. The number of carbonyl (C=O) groups is 3. The highest BCUT2D eigenvalue weighted by molar-refractivity contribution is 7.12. The fraction of sp³-hybridized carbons (Fsp3) is 0.400. The second-order valence-electron chi connectivity index (χ2n) is 9.01. The predicted octanol–water partition coefficient (Wildman–Crippen LogP) is 1.99. The van der Waals surface area contributed by atoms with E-state index in [-0.39, 0.29) is 17.7 Å². The zero-order valence-corrected chi connectivity index (χ0v) is 19.8. The maximum Gasteiger partial charge on any atom is 0.262 e. The van der Waals surface area contributed by atoms with Crippen molar-refractivity contribution in [2.24, 2.45) is 0 Å². The second kappa shape index (κ2) is 9.99. The molecule has 1 saturated heterocycles. The van der Waals surface area contributed by atoms with Crippen molar-refractivity contribution in [3.8, 4) is 0 Å². The van der Waals surface area contributed by atoms with Crippen molar-refractivity contribution in [2.45, 2.75) is 31.3 Å². The molecule has 8 nitrogen and oxygen atoms in total. The van der Waals surface area contributed by atoms with Crippen LogP contribution in [0.3, 0.4) is 0 Å². The average molecular weight is 480 g/mol. The van der Waals surface area contributed by atoms with Gasteiger partial charge in [-0.15, -0.1) is 11.3 Å². The van der Waals surface area contributed by atoms with Crippen LogP contribution in [0, 0.1) is 0 Å². The Kier molecular flexibility index (Phi) is 6.64. The van der Waals surface area contributed by atoms with Crippen molar-refractivity contribution < 1.29 is 14.4 Å². The lowest BCUT2D eigenvalue weighted by atomic mass is 10.0. The van der Waals surface area contributed by atoms with Crippen LogP contribution >= 0.6 is 11.3 Å². The highest BCUT2D eigenvalue weighted by Gasteiger charge is 2.31. The molecule has 2 aromatic heterocycles. The Morgan fingerprint density at radius 2 is 1.85 bits per heavy atom. The van der Waals surface area contributed by atoms with Crippen molar-refractivity contribution >= 4 is 40.0 Å². The first-order chi connectivity index (χ1) is 16.6. The minimum Gasteiger partial charge on any atom is -0.361 e. The van der Waals surface area contributed by atoms with E-state index in [1.165, 1.54) is 11.3 Å². The second-order valence-corrected chi connectivity index (χ2v) is 9.96. The molecule has 9 heteroatoms. The van der Waals surface area contributed by atoms with Crippen LogP contribution in [0.1, 0.15) is 28.1 Å². The van der Waals surface area contributed by atoms with Gasteiger partial charge in [0.15, 0.2) is 0 Å². The average Bonchev–Trinajstić information content (AvgIpc) is 3.32. The summed E-state index contributed by atoms with van der Waals surface area (Å²) in [7, 11) is 0. The van der Waals surface area contributed by atoms with E-state index in [9.17, 15) is 14.4 Å². The van der Waals surface area contributed by atoms with Gasteiger partial charge in [0.25, 0.3) is 5.91 Å². The number of para-hydroxylation sites is 1. The third-order valence-corrected chi connectivity index (χ3v) is 7.31. The van der Waals surface area contributed by atoms with Crippen LogP contribution in [0.25, 0.3) is 10.9 Å². The van der Waals surface area contributed by atoms with Gasteiger partial charge in [0.2, 0.25) is 11.8 Å². The molecule has 3 aromatic rings.